The number of fused-ring (bicyclic) bond motifs is 2. The molecule has 5 heteroatoms. The molecule has 0 bridgehead atoms. The number of anilines is 1. The van der Waals surface area contributed by atoms with Gasteiger partial charge in [0.05, 0.1) is 12.6 Å². The number of nitrogens with one attached hydrogen (secondary N) is 1. The quantitative estimate of drug-likeness (QED) is 0.456. The highest BCUT2D eigenvalue weighted by Crippen LogP contribution is 2.30. The lowest BCUT2D eigenvalue weighted by molar-refractivity contribution is 0.419. The van der Waals surface area contributed by atoms with Crippen molar-refractivity contribution < 1.29 is 4.74 Å². The summed E-state index contributed by atoms with van der Waals surface area (Å²) in [5.74, 6) is 2.12. The van der Waals surface area contributed by atoms with Crippen LogP contribution in [0.4, 0.5) is 5.82 Å². The molecule has 2 aromatic heterocycles. The SMILES string of the molecule is COc1cccc2c(NCc3ccccc3)nc(-n3ccc4ccccc43)nc12. The van der Waals surface area contributed by atoms with E-state index in [0.717, 1.165) is 33.4 Å². The minimum Gasteiger partial charge on any atom is -0.494 e. The first-order chi connectivity index (χ1) is 14.3. The standard InChI is InChI=1S/C24H20N4O/c1-29-21-13-7-11-19-22(21)26-24(28-15-14-18-10-5-6-12-20(18)28)27-23(19)25-16-17-8-3-2-4-9-17/h2-15H,16H2,1H3,(H,25,26,27). The van der Waals surface area contributed by atoms with E-state index in [-0.39, 0.29) is 0 Å². The summed E-state index contributed by atoms with van der Waals surface area (Å²) in [6, 6.07) is 26.5. The maximum Gasteiger partial charge on any atom is 0.236 e. The summed E-state index contributed by atoms with van der Waals surface area (Å²) in [5.41, 5.74) is 3.04. The minimum atomic E-state index is 0.610. The first-order valence-corrected chi connectivity index (χ1v) is 9.52. The van der Waals surface area contributed by atoms with Gasteiger partial charge in [-0.1, -0.05) is 54.6 Å². The Kier molecular flexibility index (Phi) is 4.33. The summed E-state index contributed by atoms with van der Waals surface area (Å²) in [6.45, 7) is 0.677. The molecule has 5 aromatic rings. The Morgan fingerprint density at radius 3 is 2.55 bits per heavy atom. The Morgan fingerprint density at radius 1 is 0.862 bits per heavy atom. The van der Waals surface area contributed by atoms with E-state index in [0.29, 0.717) is 12.5 Å². The highest BCUT2D eigenvalue weighted by atomic mass is 16.5. The summed E-state index contributed by atoms with van der Waals surface area (Å²) in [7, 11) is 1.67. The van der Waals surface area contributed by atoms with Crippen molar-refractivity contribution in [1.29, 1.82) is 0 Å². The second kappa shape index (κ2) is 7.28. The van der Waals surface area contributed by atoms with Gasteiger partial charge in [-0.25, -0.2) is 4.98 Å². The molecule has 0 spiro atoms. The predicted octanol–water partition coefficient (Wildman–Crippen LogP) is 5.19. The number of hydrogen-bond donors (Lipinski definition) is 1. The third kappa shape index (κ3) is 3.17. The molecular weight excluding hydrogens is 360 g/mol. The Labute approximate surface area is 168 Å². The van der Waals surface area contributed by atoms with Gasteiger partial charge in [-0.3, -0.25) is 4.57 Å². The van der Waals surface area contributed by atoms with Gasteiger partial charge in [0.2, 0.25) is 5.95 Å². The van der Waals surface area contributed by atoms with Crippen molar-refractivity contribution in [2.75, 3.05) is 12.4 Å². The fourth-order valence-corrected chi connectivity index (χ4v) is 3.56. The zero-order valence-corrected chi connectivity index (χ0v) is 16.0. The molecule has 5 nitrogen and oxygen atoms in total. The molecule has 1 N–H and O–H groups in total. The maximum atomic E-state index is 5.58. The first-order valence-electron chi connectivity index (χ1n) is 9.52. The lowest BCUT2D eigenvalue weighted by Crippen LogP contribution is -2.07. The zero-order valence-electron chi connectivity index (χ0n) is 16.0. The smallest absolute Gasteiger partial charge is 0.236 e. The molecule has 0 fully saturated rings. The van der Waals surface area contributed by atoms with Crippen LogP contribution in [0.25, 0.3) is 27.8 Å². The number of rotatable bonds is 5. The van der Waals surface area contributed by atoms with Gasteiger partial charge in [0.1, 0.15) is 17.1 Å². The predicted molar refractivity (Wildman–Crippen MR) is 117 cm³/mol. The van der Waals surface area contributed by atoms with Crippen molar-refractivity contribution in [2.45, 2.75) is 6.54 Å². The number of aromatic nitrogens is 3. The molecule has 0 unspecified atom stereocenters. The summed E-state index contributed by atoms with van der Waals surface area (Å²) < 4.78 is 7.59. The van der Waals surface area contributed by atoms with Crippen LogP contribution in [-0.2, 0) is 6.54 Å². The maximum absolute atomic E-state index is 5.58. The lowest BCUT2D eigenvalue weighted by Gasteiger charge is -2.13. The van der Waals surface area contributed by atoms with Gasteiger partial charge in [0.25, 0.3) is 0 Å². The molecule has 0 amide bonds. The summed E-state index contributed by atoms with van der Waals surface area (Å²) >= 11 is 0. The number of para-hydroxylation sites is 2. The topological polar surface area (TPSA) is 52.0 Å². The normalized spacial score (nSPS) is 11.1. The highest BCUT2D eigenvalue weighted by Gasteiger charge is 2.14. The van der Waals surface area contributed by atoms with Crippen molar-refractivity contribution >= 4 is 27.6 Å². The van der Waals surface area contributed by atoms with Gasteiger partial charge in [-0.2, -0.15) is 4.98 Å². The fraction of sp³-hybridized carbons (Fsp3) is 0.0833. The van der Waals surface area contributed by atoms with Crippen molar-refractivity contribution in [2.24, 2.45) is 0 Å². The van der Waals surface area contributed by atoms with Crippen LogP contribution in [0.15, 0.2) is 85.1 Å². The molecule has 0 atom stereocenters. The molecular formula is C24H20N4O. The van der Waals surface area contributed by atoms with Crippen LogP contribution >= 0.6 is 0 Å². The van der Waals surface area contributed by atoms with E-state index >= 15 is 0 Å². The van der Waals surface area contributed by atoms with Crippen molar-refractivity contribution in [1.82, 2.24) is 14.5 Å². The average molecular weight is 380 g/mol. The monoisotopic (exact) mass is 380 g/mol. The molecule has 142 valence electrons. The average Bonchev–Trinajstić information content (AvgIpc) is 3.22. The molecule has 5 rings (SSSR count). The molecule has 2 heterocycles. The summed E-state index contributed by atoms with van der Waals surface area (Å²) in [4.78, 5) is 9.71. The first kappa shape index (κ1) is 17.3. The third-order valence-electron chi connectivity index (χ3n) is 5.02. The van der Waals surface area contributed by atoms with Gasteiger partial charge in [-0.05, 0) is 29.8 Å². The van der Waals surface area contributed by atoms with E-state index in [1.807, 2.05) is 59.3 Å². The molecule has 0 aliphatic carbocycles. The Bertz CT molecular complexity index is 1290. The van der Waals surface area contributed by atoms with E-state index in [9.17, 15) is 0 Å². The van der Waals surface area contributed by atoms with Crippen LogP contribution in [-0.4, -0.2) is 21.6 Å². The van der Waals surface area contributed by atoms with Crippen LogP contribution in [0, 0.1) is 0 Å². The Hall–Kier alpha value is -3.86. The van der Waals surface area contributed by atoms with Crippen LogP contribution in [0.2, 0.25) is 0 Å². The third-order valence-corrected chi connectivity index (χ3v) is 5.02. The van der Waals surface area contributed by atoms with E-state index in [1.54, 1.807) is 7.11 Å². The molecule has 0 saturated heterocycles. The van der Waals surface area contributed by atoms with Crippen LogP contribution in [0.3, 0.4) is 0 Å². The van der Waals surface area contributed by atoms with Gasteiger partial charge < -0.3 is 10.1 Å². The Balaban J connectivity index is 1.66. The number of hydrogen-bond acceptors (Lipinski definition) is 4. The fourth-order valence-electron chi connectivity index (χ4n) is 3.56. The van der Waals surface area contributed by atoms with Crippen molar-refractivity contribution in [3.8, 4) is 11.7 Å². The summed E-state index contributed by atoms with van der Waals surface area (Å²) in [5, 5.41) is 5.56. The molecule has 0 radical (unpaired) electrons. The van der Waals surface area contributed by atoms with Gasteiger partial charge in [0.15, 0.2) is 0 Å². The number of ether oxygens (including phenoxy) is 1. The van der Waals surface area contributed by atoms with Gasteiger partial charge in [0, 0.05) is 23.5 Å². The molecule has 3 aromatic carbocycles. The second-order valence-corrected chi connectivity index (χ2v) is 6.81. The highest BCUT2D eigenvalue weighted by molar-refractivity contribution is 5.94. The second-order valence-electron chi connectivity index (χ2n) is 6.81. The van der Waals surface area contributed by atoms with Crippen LogP contribution < -0.4 is 10.1 Å². The van der Waals surface area contributed by atoms with Gasteiger partial charge >= 0.3 is 0 Å². The van der Waals surface area contributed by atoms with Crippen molar-refractivity contribution in [3.05, 3.63) is 90.6 Å². The van der Waals surface area contributed by atoms with Crippen LogP contribution in [0.1, 0.15) is 5.56 Å². The number of benzene rings is 3. The summed E-state index contributed by atoms with van der Waals surface area (Å²) in [6.07, 6.45) is 2.00. The van der Waals surface area contributed by atoms with E-state index < -0.39 is 0 Å². The number of nitrogens with zero attached hydrogens (tertiary/aromatic N) is 3. The minimum absolute atomic E-state index is 0.610. The van der Waals surface area contributed by atoms with E-state index in [2.05, 4.69) is 35.6 Å². The largest absolute Gasteiger partial charge is 0.494 e. The van der Waals surface area contributed by atoms with E-state index in [1.165, 1.54) is 5.56 Å². The lowest BCUT2D eigenvalue weighted by atomic mass is 10.2. The van der Waals surface area contributed by atoms with Gasteiger partial charge in [-0.15, -0.1) is 0 Å². The number of methoxy groups -OCH3 is 1. The van der Waals surface area contributed by atoms with Crippen molar-refractivity contribution in [3.63, 3.8) is 0 Å². The Morgan fingerprint density at radius 2 is 1.69 bits per heavy atom. The molecule has 29 heavy (non-hydrogen) atoms. The zero-order chi connectivity index (χ0) is 19.6. The van der Waals surface area contributed by atoms with Crippen LogP contribution in [0.5, 0.6) is 5.75 Å². The molecule has 0 aliphatic heterocycles. The molecule has 0 saturated carbocycles. The molecule has 0 aliphatic rings. The van der Waals surface area contributed by atoms with E-state index in [4.69, 9.17) is 14.7 Å².